The Morgan fingerprint density at radius 1 is 1.22 bits per heavy atom. The van der Waals surface area contributed by atoms with Gasteiger partial charge in [-0.1, -0.05) is 12.2 Å². The first-order valence-electron chi connectivity index (χ1n) is 13.9. The van der Waals surface area contributed by atoms with E-state index in [2.05, 4.69) is 49.9 Å². The molecule has 1 atom stereocenters. The van der Waals surface area contributed by atoms with Crippen molar-refractivity contribution in [2.45, 2.75) is 58.8 Å². The first-order chi connectivity index (χ1) is 19.9. The Balaban J connectivity index is 0.000000909. The second-order valence-electron chi connectivity index (χ2n) is 10.2. The number of carbonyl (C=O) groups excluding carboxylic acids is 3. The van der Waals surface area contributed by atoms with Crippen LogP contribution in [0.3, 0.4) is 0 Å². The van der Waals surface area contributed by atoms with Gasteiger partial charge in [-0.3, -0.25) is 14.4 Å². The highest BCUT2D eigenvalue weighted by molar-refractivity contribution is 5.88. The molecule has 2 aliphatic heterocycles. The van der Waals surface area contributed by atoms with Crippen LogP contribution in [0.2, 0.25) is 0 Å². The lowest BCUT2D eigenvalue weighted by Crippen LogP contribution is -2.40. The van der Waals surface area contributed by atoms with E-state index in [1.807, 2.05) is 36.2 Å². The van der Waals surface area contributed by atoms with Crippen LogP contribution in [-0.2, 0) is 51.6 Å². The van der Waals surface area contributed by atoms with Crippen LogP contribution < -0.4 is 4.90 Å². The van der Waals surface area contributed by atoms with Gasteiger partial charge < -0.3 is 28.6 Å². The maximum absolute atomic E-state index is 13.5. The summed E-state index contributed by atoms with van der Waals surface area (Å²) in [6.07, 6.45) is 14.6. The summed E-state index contributed by atoms with van der Waals surface area (Å²) >= 11 is 0. The molecule has 1 aromatic carbocycles. The number of aromatic nitrogens is 4. The zero-order chi connectivity index (χ0) is 29.4. The second-order valence-corrected chi connectivity index (χ2v) is 10.2. The number of ether oxygens (including phenoxy) is 1. The molecule has 0 spiro atoms. The van der Waals surface area contributed by atoms with E-state index in [0.29, 0.717) is 38.6 Å². The largest absolute Gasteiger partial charge is 0.471 e. The number of anilines is 1. The molecule has 0 bridgehead atoms. The highest BCUT2D eigenvalue weighted by atomic mass is 16.5. The number of allylic oxidation sites excluding steroid dienone is 3. The molecule has 2 aliphatic rings. The summed E-state index contributed by atoms with van der Waals surface area (Å²) in [5.41, 5.74) is 4.40. The third-order valence-corrected chi connectivity index (χ3v) is 7.73. The van der Waals surface area contributed by atoms with Crippen molar-refractivity contribution < 1.29 is 19.1 Å². The lowest BCUT2D eigenvalue weighted by molar-refractivity contribution is -0.133. The van der Waals surface area contributed by atoms with Crippen molar-refractivity contribution in [2.75, 3.05) is 32.1 Å². The molecule has 1 unspecified atom stereocenters. The summed E-state index contributed by atoms with van der Waals surface area (Å²) in [6.45, 7) is 7.18. The predicted octanol–water partition coefficient (Wildman–Crippen LogP) is 2.93. The molecule has 0 N–H and O–H groups in total. The standard InChI is InChI=1S/C28H35N7O2.C2H4O2/c1-4-5-6-13-32(20-36)14-11-25-30-28-22-8-7-21(2)31(3)23(22)9-10-24(28)35(25)19-27(37)34-17-16-33-15-12-29-26(33)18-34;1-4-2-3/h4-6,9-10,12-13,15,20-21H,7-8,11,14,16-19H2,1-3H3;2H,1H3/b5-4-,13-6-;. The van der Waals surface area contributed by atoms with Gasteiger partial charge in [0.2, 0.25) is 12.3 Å². The van der Waals surface area contributed by atoms with E-state index in [-0.39, 0.29) is 12.5 Å². The molecule has 0 radical (unpaired) electrons. The number of aryl methyl sites for hydroxylation is 1. The summed E-state index contributed by atoms with van der Waals surface area (Å²) in [6, 6.07) is 4.73. The number of hydrogen-bond acceptors (Lipinski definition) is 7. The van der Waals surface area contributed by atoms with Gasteiger partial charge in [0, 0.05) is 69.0 Å². The van der Waals surface area contributed by atoms with E-state index in [1.165, 1.54) is 18.4 Å². The first-order valence-corrected chi connectivity index (χ1v) is 13.9. The minimum Gasteiger partial charge on any atom is -0.471 e. The quantitative estimate of drug-likeness (QED) is 0.292. The molecule has 2 aromatic heterocycles. The van der Waals surface area contributed by atoms with Gasteiger partial charge in [0.25, 0.3) is 6.47 Å². The van der Waals surface area contributed by atoms with Gasteiger partial charge in [-0.2, -0.15) is 0 Å². The van der Waals surface area contributed by atoms with Crippen LogP contribution >= 0.6 is 0 Å². The molecule has 0 saturated carbocycles. The molecular weight excluding hydrogens is 522 g/mol. The van der Waals surface area contributed by atoms with Crippen molar-refractivity contribution in [3.05, 3.63) is 66.2 Å². The first kappa shape index (κ1) is 29.6. The summed E-state index contributed by atoms with van der Waals surface area (Å²) in [7, 11) is 3.45. The van der Waals surface area contributed by atoms with Gasteiger partial charge in [0.05, 0.1) is 24.7 Å². The third-order valence-electron chi connectivity index (χ3n) is 7.73. The number of benzene rings is 1. The van der Waals surface area contributed by atoms with Crippen molar-refractivity contribution in [1.29, 1.82) is 0 Å². The molecule has 2 amide bonds. The molecule has 3 aromatic rings. The summed E-state index contributed by atoms with van der Waals surface area (Å²) in [5, 5.41) is 0. The number of amides is 2. The highest BCUT2D eigenvalue weighted by Crippen LogP contribution is 2.35. The molecule has 41 heavy (non-hydrogen) atoms. The Hall–Kier alpha value is -4.41. The fraction of sp³-hybridized carbons (Fsp3) is 0.433. The molecule has 5 rings (SSSR count). The van der Waals surface area contributed by atoms with Crippen LogP contribution in [0, 0.1) is 0 Å². The maximum atomic E-state index is 13.5. The maximum Gasteiger partial charge on any atom is 0.292 e. The van der Waals surface area contributed by atoms with Gasteiger partial charge >= 0.3 is 0 Å². The van der Waals surface area contributed by atoms with E-state index in [9.17, 15) is 9.59 Å². The Morgan fingerprint density at radius 2 is 2.02 bits per heavy atom. The van der Waals surface area contributed by atoms with Crippen molar-refractivity contribution in [1.82, 2.24) is 28.9 Å². The average molecular weight is 562 g/mol. The van der Waals surface area contributed by atoms with Gasteiger partial charge in [0.15, 0.2) is 0 Å². The average Bonchev–Trinajstić information content (AvgIpc) is 3.61. The van der Waals surface area contributed by atoms with E-state index in [1.54, 1.807) is 17.3 Å². The Morgan fingerprint density at radius 3 is 2.76 bits per heavy atom. The number of hydrogen-bond donors (Lipinski definition) is 0. The summed E-state index contributed by atoms with van der Waals surface area (Å²) < 4.78 is 8.01. The number of methoxy groups -OCH3 is 1. The summed E-state index contributed by atoms with van der Waals surface area (Å²) in [4.78, 5) is 49.4. The smallest absolute Gasteiger partial charge is 0.292 e. The third kappa shape index (κ3) is 6.67. The van der Waals surface area contributed by atoms with Crippen molar-refractivity contribution in [3.8, 4) is 0 Å². The van der Waals surface area contributed by atoms with Crippen LogP contribution in [0.5, 0.6) is 0 Å². The zero-order valence-electron chi connectivity index (χ0n) is 24.3. The van der Waals surface area contributed by atoms with E-state index >= 15 is 0 Å². The molecule has 11 nitrogen and oxygen atoms in total. The van der Waals surface area contributed by atoms with Crippen molar-refractivity contribution >= 4 is 35.5 Å². The Labute approximate surface area is 240 Å². The number of carbonyl (C=O) groups is 3. The molecule has 4 heterocycles. The minimum atomic E-state index is 0.0542. The normalized spacial score (nSPS) is 16.3. The fourth-order valence-corrected chi connectivity index (χ4v) is 5.30. The predicted molar refractivity (Wildman–Crippen MR) is 157 cm³/mol. The van der Waals surface area contributed by atoms with Crippen molar-refractivity contribution in [3.63, 3.8) is 0 Å². The van der Waals surface area contributed by atoms with Gasteiger partial charge in [-0.25, -0.2) is 9.97 Å². The second kappa shape index (κ2) is 13.8. The van der Waals surface area contributed by atoms with Crippen LogP contribution in [0.25, 0.3) is 11.0 Å². The molecular formula is C30H39N7O4. The van der Waals surface area contributed by atoms with Gasteiger partial charge in [0.1, 0.15) is 18.2 Å². The number of nitrogens with zero attached hydrogens (tertiary/aromatic N) is 7. The molecule has 11 heteroatoms. The molecule has 0 fully saturated rings. The van der Waals surface area contributed by atoms with Crippen LogP contribution in [-0.4, -0.2) is 81.0 Å². The number of fused-ring (bicyclic) bond motifs is 4. The SMILES string of the molecule is C/C=C\C=C/N(C=O)CCc1nc2c3c(ccc2n1CC(=O)N1CCn2ccnc2C1)N(C)C(C)CC3.COC=O. The Kier molecular flexibility index (Phi) is 9.94. The molecule has 0 saturated heterocycles. The minimum absolute atomic E-state index is 0.0542. The van der Waals surface area contributed by atoms with E-state index in [4.69, 9.17) is 9.78 Å². The lowest BCUT2D eigenvalue weighted by Gasteiger charge is -2.34. The van der Waals surface area contributed by atoms with Crippen LogP contribution in [0.4, 0.5) is 5.69 Å². The fourth-order valence-electron chi connectivity index (χ4n) is 5.30. The lowest BCUT2D eigenvalue weighted by atomic mass is 9.96. The van der Waals surface area contributed by atoms with E-state index < -0.39 is 0 Å². The van der Waals surface area contributed by atoms with Crippen molar-refractivity contribution in [2.24, 2.45) is 0 Å². The van der Waals surface area contributed by atoms with Gasteiger partial charge in [-0.15, -0.1) is 0 Å². The van der Waals surface area contributed by atoms with Crippen LogP contribution in [0.15, 0.2) is 49.0 Å². The highest BCUT2D eigenvalue weighted by Gasteiger charge is 2.27. The topological polar surface area (TPSA) is 106 Å². The number of imidazole rings is 2. The molecule has 0 aliphatic carbocycles. The van der Waals surface area contributed by atoms with Gasteiger partial charge in [-0.05, 0) is 44.9 Å². The van der Waals surface area contributed by atoms with E-state index in [0.717, 1.165) is 48.5 Å². The number of rotatable bonds is 9. The monoisotopic (exact) mass is 561 g/mol. The molecule has 218 valence electrons. The zero-order valence-corrected chi connectivity index (χ0v) is 24.3. The van der Waals surface area contributed by atoms with Crippen LogP contribution in [0.1, 0.15) is 37.5 Å². The Bertz CT molecular complexity index is 1420. The summed E-state index contributed by atoms with van der Waals surface area (Å²) in [5.74, 6) is 1.79.